The Hall–Kier alpha value is -2.74. The number of benzene rings is 1. The Bertz CT molecular complexity index is 1350. The van der Waals surface area contributed by atoms with Gasteiger partial charge >= 0.3 is 22.0 Å². The number of esters is 1. The minimum atomic E-state index is -5.02. The monoisotopic (exact) mass is 539 g/mol. The van der Waals surface area contributed by atoms with Crippen LogP contribution < -0.4 is 9.04 Å². The number of ether oxygens (including phenoxy) is 2. The first-order valence-electron chi connectivity index (χ1n) is 8.83. The van der Waals surface area contributed by atoms with Gasteiger partial charge in [-0.15, -0.1) is 5.10 Å². The number of halogens is 4. The van der Waals surface area contributed by atoms with Gasteiger partial charge in [-0.25, -0.2) is 4.79 Å². The molecule has 2 aromatic heterocycles. The van der Waals surface area contributed by atoms with Gasteiger partial charge in [0.05, 0.1) is 30.0 Å². The third-order valence-electron chi connectivity index (χ3n) is 3.97. The lowest BCUT2D eigenvalue weighted by Gasteiger charge is -2.24. The van der Waals surface area contributed by atoms with Crippen LogP contribution in [0.5, 0.6) is 6.01 Å². The number of nitrogens with zero attached hydrogens (tertiary/aromatic N) is 5. The van der Waals surface area contributed by atoms with E-state index in [1.165, 1.54) is 18.2 Å². The first kappa shape index (κ1) is 24.9. The van der Waals surface area contributed by atoms with E-state index in [9.17, 15) is 22.4 Å². The average Bonchev–Trinajstić information content (AvgIpc) is 3.19. The van der Waals surface area contributed by atoms with Crippen LogP contribution in [0, 0.1) is 5.95 Å². The molecular weight excluding hydrogens is 528 g/mol. The summed E-state index contributed by atoms with van der Waals surface area (Å²) in [6.45, 7) is 1.64. The summed E-state index contributed by atoms with van der Waals surface area (Å²) in [6, 6.07) is 4.13. The molecule has 1 aromatic carbocycles. The maximum atomic E-state index is 13.8. The molecule has 1 amide bonds. The van der Waals surface area contributed by atoms with E-state index in [0.717, 1.165) is 17.7 Å². The van der Waals surface area contributed by atoms with Crippen molar-refractivity contribution in [3.05, 3.63) is 40.8 Å². The number of hydrogen-bond acceptors (Lipinski definition) is 9. The normalized spacial score (nSPS) is 11.6. The highest BCUT2D eigenvalue weighted by Crippen LogP contribution is 2.35. The topological polar surface area (TPSA) is 133 Å². The number of alkyl halides is 2. The van der Waals surface area contributed by atoms with Crippen molar-refractivity contribution in [1.82, 2.24) is 19.6 Å². The summed E-state index contributed by atoms with van der Waals surface area (Å²) < 4.78 is 51.5. The van der Waals surface area contributed by atoms with Gasteiger partial charge < -0.3 is 9.47 Å². The molecule has 0 N–H and O–H groups in total. The van der Waals surface area contributed by atoms with Gasteiger partial charge in [-0.3, -0.25) is 4.79 Å². The number of anilines is 1. The second-order valence-corrected chi connectivity index (χ2v) is 9.18. The Morgan fingerprint density at radius 2 is 1.97 bits per heavy atom. The van der Waals surface area contributed by atoms with Crippen LogP contribution in [0.2, 0.25) is 5.02 Å². The van der Waals surface area contributed by atoms with Crippen molar-refractivity contribution in [2.24, 2.45) is 0 Å². The predicted molar refractivity (Wildman–Crippen MR) is 115 cm³/mol. The number of fused-ring (bicyclic) bond motifs is 1. The van der Waals surface area contributed by atoms with Crippen LogP contribution in [-0.2, 0) is 19.6 Å². The van der Waals surface area contributed by atoms with Gasteiger partial charge in [0, 0.05) is 6.07 Å². The Balaban J connectivity index is 2.31. The largest absolute Gasteiger partial charge is 0.465 e. The van der Waals surface area contributed by atoms with Gasteiger partial charge in [-0.05, 0) is 19.1 Å². The number of rotatable bonds is 7. The lowest BCUT2D eigenvalue weighted by molar-refractivity contribution is -0.115. The van der Waals surface area contributed by atoms with E-state index in [0.29, 0.717) is 0 Å². The Morgan fingerprint density at radius 1 is 1.27 bits per heavy atom. The van der Waals surface area contributed by atoms with E-state index < -0.39 is 43.5 Å². The molecule has 0 saturated heterocycles. The van der Waals surface area contributed by atoms with E-state index in [4.69, 9.17) is 39.5 Å². The van der Waals surface area contributed by atoms with Gasteiger partial charge in [0.2, 0.25) is 5.95 Å². The maximum Gasteiger partial charge on any atom is 0.340 e. The fourth-order valence-corrected chi connectivity index (χ4v) is 4.62. The lowest BCUT2D eigenvalue weighted by atomic mass is 10.1. The van der Waals surface area contributed by atoms with Crippen LogP contribution in [0.25, 0.3) is 5.65 Å². The zero-order valence-corrected chi connectivity index (χ0v) is 19.8. The van der Waals surface area contributed by atoms with Gasteiger partial charge in [0.15, 0.2) is 10.5 Å². The van der Waals surface area contributed by atoms with Crippen molar-refractivity contribution in [2.75, 3.05) is 18.0 Å². The first-order chi connectivity index (χ1) is 15.5. The number of sulfonamides is 1. The number of para-hydroxylation sites is 1. The fraction of sp³-hybridized carbons (Fsp3) is 0.235. The molecule has 0 unspecified atom stereocenters. The molecule has 3 rings (SSSR count). The molecule has 0 bridgehead atoms. The fourth-order valence-electron chi connectivity index (χ4n) is 2.66. The van der Waals surface area contributed by atoms with Gasteiger partial charge in [0.1, 0.15) is 0 Å². The quantitative estimate of drug-likeness (QED) is 0.252. The van der Waals surface area contributed by atoms with E-state index in [1.54, 1.807) is 6.92 Å². The molecule has 0 radical (unpaired) electrons. The summed E-state index contributed by atoms with van der Waals surface area (Å²) >= 11 is 17.5. The van der Waals surface area contributed by atoms with Crippen LogP contribution in [-0.4, -0.2) is 58.4 Å². The Labute approximate surface area is 201 Å². The smallest absolute Gasteiger partial charge is 0.340 e. The molecule has 2 heterocycles. The Morgan fingerprint density at radius 3 is 2.58 bits per heavy atom. The molecular formula is C17H13Cl3FN5O6S. The molecule has 16 heteroatoms. The summed E-state index contributed by atoms with van der Waals surface area (Å²) in [5.41, 5.74) is -1.27. The second-order valence-electron chi connectivity index (χ2n) is 5.99. The summed E-state index contributed by atoms with van der Waals surface area (Å²) in [6.07, 6.45) is 0. The number of methoxy groups -OCH3 is 1. The van der Waals surface area contributed by atoms with E-state index in [1.807, 2.05) is 0 Å². The number of amides is 1. The predicted octanol–water partition coefficient (Wildman–Crippen LogP) is 2.63. The molecule has 0 atom stereocenters. The van der Waals surface area contributed by atoms with Crippen LogP contribution in [0.1, 0.15) is 17.3 Å². The first-order valence-corrected chi connectivity index (χ1v) is 11.5. The highest BCUT2D eigenvalue weighted by atomic mass is 35.5. The van der Waals surface area contributed by atoms with E-state index in [-0.39, 0.29) is 33.2 Å². The van der Waals surface area contributed by atoms with Gasteiger partial charge in [-0.2, -0.15) is 31.6 Å². The summed E-state index contributed by atoms with van der Waals surface area (Å²) in [4.78, 5) is 30.5. The number of aromatic nitrogens is 4. The number of carbonyl (C=O) groups is 2. The third-order valence-corrected chi connectivity index (χ3v) is 6.13. The molecule has 176 valence electrons. The average molecular weight is 541 g/mol. The van der Waals surface area contributed by atoms with Crippen molar-refractivity contribution >= 4 is 68.0 Å². The van der Waals surface area contributed by atoms with Gasteiger partial charge in [-0.1, -0.05) is 40.9 Å². The minimum absolute atomic E-state index is 0.0559. The van der Waals surface area contributed by atoms with Crippen LogP contribution in [0.4, 0.5) is 10.1 Å². The molecule has 0 saturated carbocycles. The molecule has 0 aliphatic heterocycles. The zero-order valence-electron chi connectivity index (χ0n) is 16.7. The van der Waals surface area contributed by atoms with Gasteiger partial charge in [0.25, 0.3) is 11.1 Å². The molecule has 0 aliphatic rings. The molecule has 3 aromatic rings. The molecule has 0 fully saturated rings. The minimum Gasteiger partial charge on any atom is -0.465 e. The number of hydrogen-bond donors (Lipinski definition) is 0. The van der Waals surface area contributed by atoms with Crippen molar-refractivity contribution in [2.45, 2.75) is 16.9 Å². The van der Waals surface area contributed by atoms with Crippen molar-refractivity contribution in [3.63, 3.8) is 0 Å². The summed E-state index contributed by atoms with van der Waals surface area (Å²) in [5, 5.41) is 2.48. The second kappa shape index (κ2) is 9.63. The van der Waals surface area contributed by atoms with E-state index in [2.05, 4.69) is 19.8 Å². The lowest BCUT2D eigenvalue weighted by Crippen LogP contribution is -2.41. The molecule has 33 heavy (non-hydrogen) atoms. The molecule has 11 nitrogen and oxygen atoms in total. The maximum absolute atomic E-state index is 13.8. The van der Waals surface area contributed by atoms with Crippen molar-refractivity contribution < 1.29 is 31.9 Å². The zero-order chi connectivity index (χ0) is 24.5. The summed E-state index contributed by atoms with van der Waals surface area (Å²) in [5.74, 6) is -3.41. The standard InChI is InChI=1S/C17H13Cl3FN5O6S/c1-3-32-17-22-10(21)7-11-23-16(24-25(11)17)33(29,30)26(14(27)13(19)20)12-8(15(28)31-2)5-4-6-9(12)18/h4-7,13H,3H2,1-2H3. The van der Waals surface area contributed by atoms with Crippen molar-refractivity contribution in [3.8, 4) is 6.01 Å². The molecule has 0 aliphatic carbocycles. The van der Waals surface area contributed by atoms with E-state index >= 15 is 0 Å². The van der Waals surface area contributed by atoms with Crippen LogP contribution >= 0.6 is 34.8 Å². The third kappa shape index (κ3) is 4.67. The highest BCUT2D eigenvalue weighted by molar-refractivity contribution is 7.93. The van der Waals surface area contributed by atoms with Crippen molar-refractivity contribution in [1.29, 1.82) is 0 Å². The Kier molecular flexibility index (Phi) is 7.26. The number of carbonyl (C=O) groups excluding carboxylic acids is 2. The van der Waals surface area contributed by atoms with Crippen LogP contribution in [0.3, 0.4) is 0 Å². The van der Waals surface area contributed by atoms with Crippen LogP contribution in [0.15, 0.2) is 29.4 Å². The molecule has 0 spiro atoms. The highest BCUT2D eigenvalue weighted by Gasteiger charge is 2.40. The SMILES string of the molecule is CCOc1nc(F)cc2nc(S(=O)(=O)N(C(=O)C(Cl)Cl)c3c(Cl)cccc3C(=O)OC)nn12. The summed E-state index contributed by atoms with van der Waals surface area (Å²) in [7, 11) is -3.98.